The van der Waals surface area contributed by atoms with E-state index < -0.39 is 10.0 Å². The van der Waals surface area contributed by atoms with Crippen molar-refractivity contribution in [1.29, 1.82) is 5.26 Å². The standard InChI is InChI=1S/C15H9ClN2O3S/c16-11-3-6-13-14(7-11)21-9-15(13)22(19,20)18-12-4-1-10(8-17)2-5-12/h1-7,9,18H. The van der Waals surface area contributed by atoms with Crippen molar-refractivity contribution in [2.24, 2.45) is 0 Å². The largest absolute Gasteiger partial charge is 0.463 e. The number of furan rings is 1. The molecule has 0 radical (unpaired) electrons. The monoisotopic (exact) mass is 332 g/mol. The SMILES string of the molecule is N#Cc1ccc(NS(=O)(=O)c2coc3cc(Cl)ccc23)cc1. The van der Waals surface area contributed by atoms with Crippen molar-refractivity contribution in [3.8, 4) is 6.07 Å². The molecule has 3 aromatic rings. The molecule has 0 saturated heterocycles. The molecule has 2 aromatic carbocycles. The van der Waals surface area contributed by atoms with Gasteiger partial charge in [-0.1, -0.05) is 11.6 Å². The smallest absolute Gasteiger partial charge is 0.265 e. The second kappa shape index (κ2) is 5.37. The first kappa shape index (κ1) is 14.4. The topological polar surface area (TPSA) is 83.1 Å². The Morgan fingerprint density at radius 3 is 2.55 bits per heavy atom. The van der Waals surface area contributed by atoms with Crippen molar-refractivity contribution in [3.63, 3.8) is 0 Å². The zero-order valence-corrected chi connectivity index (χ0v) is 12.6. The Labute approximate surface area is 131 Å². The van der Waals surface area contributed by atoms with Crippen LogP contribution in [0.1, 0.15) is 5.56 Å². The van der Waals surface area contributed by atoms with E-state index in [0.717, 1.165) is 0 Å². The minimum Gasteiger partial charge on any atom is -0.463 e. The number of nitriles is 1. The minimum absolute atomic E-state index is 0.0310. The predicted molar refractivity (Wildman–Crippen MR) is 83.2 cm³/mol. The zero-order chi connectivity index (χ0) is 15.7. The van der Waals surface area contributed by atoms with E-state index >= 15 is 0 Å². The molecule has 0 fully saturated rings. The fourth-order valence-electron chi connectivity index (χ4n) is 2.01. The van der Waals surface area contributed by atoms with Gasteiger partial charge in [-0.3, -0.25) is 4.72 Å². The van der Waals surface area contributed by atoms with Gasteiger partial charge in [0, 0.05) is 22.2 Å². The molecule has 0 amide bonds. The Kier molecular flexibility index (Phi) is 3.53. The van der Waals surface area contributed by atoms with Gasteiger partial charge >= 0.3 is 0 Å². The average Bonchev–Trinajstić information content (AvgIpc) is 2.91. The number of fused-ring (bicyclic) bond motifs is 1. The molecular formula is C15H9ClN2O3S. The van der Waals surface area contributed by atoms with Gasteiger partial charge in [-0.25, -0.2) is 8.42 Å². The summed E-state index contributed by atoms with van der Waals surface area (Å²) in [5, 5.41) is 9.65. The first-order valence-electron chi connectivity index (χ1n) is 6.19. The highest BCUT2D eigenvalue weighted by Gasteiger charge is 2.20. The molecule has 0 atom stereocenters. The average molecular weight is 333 g/mol. The van der Waals surface area contributed by atoms with Crippen LogP contribution < -0.4 is 4.72 Å². The molecule has 0 aliphatic carbocycles. The summed E-state index contributed by atoms with van der Waals surface area (Å²) in [6, 6.07) is 12.8. The van der Waals surface area contributed by atoms with Crippen LogP contribution in [0.5, 0.6) is 0 Å². The van der Waals surface area contributed by atoms with E-state index in [-0.39, 0.29) is 4.90 Å². The number of sulfonamides is 1. The second-order valence-electron chi connectivity index (χ2n) is 4.54. The van der Waals surface area contributed by atoms with Crippen molar-refractivity contribution in [3.05, 3.63) is 59.3 Å². The quantitative estimate of drug-likeness (QED) is 0.791. The van der Waals surface area contributed by atoms with Gasteiger partial charge in [0.05, 0.1) is 11.6 Å². The maximum atomic E-state index is 12.4. The van der Waals surface area contributed by atoms with Crippen LogP contribution in [-0.2, 0) is 10.0 Å². The van der Waals surface area contributed by atoms with Crippen LogP contribution in [0.3, 0.4) is 0 Å². The zero-order valence-electron chi connectivity index (χ0n) is 11.1. The number of halogens is 1. The Hall–Kier alpha value is -2.49. The van der Waals surface area contributed by atoms with E-state index in [1.54, 1.807) is 18.2 Å². The summed E-state index contributed by atoms with van der Waals surface area (Å²) in [5.41, 5.74) is 1.21. The highest BCUT2D eigenvalue weighted by atomic mass is 35.5. The number of hydrogen-bond donors (Lipinski definition) is 1. The van der Waals surface area contributed by atoms with Crippen molar-refractivity contribution in [2.75, 3.05) is 4.72 Å². The molecule has 1 heterocycles. The number of benzene rings is 2. The van der Waals surface area contributed by atoms with E-state index in [4.69, 9.17) is 21.3 Å². The first-order chi connectivity index (χ1) is 10.5. The number of rotatable bonds is 3. The molecule has 1 N–H and O–H groups in total. The molecule has 0 spiro atoms. The molecule has 0 aliphatic heterocycles. The van der Waals surface area contributed by atoms with Crippen LogP contribution in [0.25, 0.3) is 11.0 Å². The lowest BCUT2D eigenvalue weighted by Crippen LogP contribution is -2.12. The molecule has 7 heteroatoms. The van der Waals surface area contributed by atoms with E-state index in [1.165, 1.54) is 30.5 Å². The van der Waals surface area contributed by atoms with E-state index in [9.17, 15) is 8.42 Å². The van der Waals surface area contributed by atoms with Crippen LogP contribution in [0.4, 0.5) is 5.69 Å². The molecule has 0 saturated carbocycles. The fourth-order valence-corrected chi connectivity index (χ4v) is 3.36. The lowest BCUT2D eigenvalue weighted by Gasteiger charge is -2.06. The molecule has 22 heavy (non-hydrogen) atoms. The molecule has 0 aliphatic rings. The van der Waals surface area contributed by atoms with Crippen LogP contribution in [0, 0.1) is 11.3 Å². The Balaban J connectivity index is 1.99. The van der Waals surface area contributed by atoms with Crippen molar-refractivity contribution in [2.45, 2.75) is 4.90 Å². The lowest BCUT2D eigenvalue weighted by atomic mass is 10.2. The van der Waals surface area contributed by atoms with Gasteiger partial charge < -0.3 is 4.42 Å². The molecular weight excluding hydrogens is 324 g/mol. The van der Waals surface area contributed by atoms with Crippen LogP contribution in [-0.4, -0.2) is 8.42 Å². The summed E-state index contributed by atoms with van der Waals surface area (Å²) in [6.45, 7) is 0. The molecule has 5 nitrogen and oxygen atoms in total. The number of hydrogen-bond acceptors (Lipinski definition) is 4. The number of anilines is 1. The predicted octanol–water partition coefficient (Wildman–Crippen LogP) is 3.76. The first-order valence-corrected chi connectivity index (χ1v) is 8.05. The third kappa shape index (κ3) is 2.64. The van der Waals surface area contributed by atoms with Crippen molar-refractivity contribution >= 4 is 38.3 Å². The Morgan fingerprint density at radius 2 is 1.86 bits per heavy atom. The van der Waals surface area contributed by atoms with Crippen LogP contribution >= 0.6 is 11.6 Å². The minimum atomic E-state index is -3.80. The summed E-state index contributed by atoms with van der Waals surface area (Å²) in [5.74, 6) is 0. The van der Waals surface area contributed by atoms with Gasteiger partial charge in [0.25, 0.3) is 10.0 Å². The summed E-state index contributed by atoms with van der Waals surface area (Å²) >= 11 is 5.85. The van der Waals surface area contributed by atoms with Crippen molar-refractivity contribution in [1.82, 2.24) is 0 Å². The Bertz CT molecular complexity index is 986. The maximum Gasteiger partial charge on any atom is 0.265 e. The number of nitrogens with zero attached hydrogens (tertiary/aromatic N) is 1. The van der Waals surface area contributed by atoms with Gasteiger partial charge in [-0.05, 0) is 36.4 Å². The highest BCUT2D eigenvalue weighted by molar-refractivity contribution is 7.93. The normalized spacial score (nSPS) is 11.3. The van der Waals surface area contributed by atoms with Gasteiger partial charge in [0.15, 0.2) is 0 Å². The van der Waals surface area contributed by atoms with Crippen LogP contribution in [0.2, 0.25) is 5.02 Å². The van der Waals surface area contributed by atoms with Gasteiger partial charge in [0.1, 0.15) is 16.7 Å². The Morgan fingerprint density at radius 1 is 1.14 bits per heavy atom. The van der Waals surface area contributed by atoms with Gasteiger partial charge in [-0.15, -0.1) is 0 Å². The third-order valence-corrected chi connectivity index (χ3v) is 4.69. The van der Waals surface area contributed by atoms with Gasteiger partial charge in [0.2, 0.25) is 0 Å². The van der Waals surface area contributed by atoms with Crippen LogP contribution in [0.15, 0.2) is 58.0 Å². The fraction of sp³-hybridized carbons (Fsp3) is 0. The number of nitrogens with one attached hydrogen (secondary N) is 1. The molecule has 3 rings (SSSR count). The summed E-state index contributed by atoms with van der Waals surface area (Å²) in [7, 11) is -3.80. The molecule has 0 bridgehead atoms. The summed E-state index contributed by atoms with van der Waals surface area (Å²) < 4.78 is 32.6. The lowest BCUT2D eigenvalue weighted by molar-refractivity contribution is 0.587. The highest BCUT2D eigenvalue weighted by Crippen LogP contribution is 2.29. The van der Waals surface area contributed by atoms with Crippen molar-refractivity contribution < 1.29 is 12.8 Å². The van der Waals surface area contributed by atoms with E-state index in [2.05, 4.69) is 4.72 Å². The van der Waals surface area contributed by atoms with E-state index in [1.807, 2.05) is 6.07 Å². The molecule has 1 aromatic heterocycles. The van der Waals surface area contributed by atoms with E-state index in [0.29, 0.717) is 27.2 Å². The third-order valence-electron chi connectivity index (χ3n) is 3.06. The van der Waals surface area contributed by atoms with Gasteiger partial charge in [-0.2, -0.15) is 5.26 Å². The second-order valence-corrected chi connectivity index (χ2v) is 6.62. The molecule has 110 valence electrons. The maximum absolute atomic E-state index is 12.4. The molecule has 0 unspecified atom stereocenters. The summed E-state index contributed by atoms with van der Waals surface area (Å²) in [4.78, 5) is 0.0310. The summed E-state index contributed by atoms with van der Waals surface area (Å²) in [6.07, 6.45) is 1.17.